The average molecular weight is 238 g/mol. The maximum absolute atomic E-state index is 12.1. The normalized spacial score (nSPS) is 38.7. The van der Waals surface area contributed by atoms with Crippen molar-refractivity contribution < 1.29 is 4.79 Å². The lowest BCUT2D eigenvalue weighted by Crippen LogP contribution is -2.50. The van der Waals surface area contributed by atoms with Gasteiger partial charge < -0.3 is 10.6 Å². The van der Waals surface area contributed by atoms with Crippen molar-refractivity contribution in [2.24, 2.45) is 11.8 Å². The first-order chi connectivity index (χ1) is 8.16. The van der Waals surface area contributed by atoms with Crippen molar-refractivity contribution in [1.29, 1.82) is 0 Å². The molecule has 0 spiro atoms. The molecule has 1 aliphatic carbocycles. The van der Waals surface area contributed by atoms with Crippen LogP contribution in [-0.4, -0.2) is 24.5 Å². The summed E-state index contributed by atoms with van der Waals surface area (Å²) >= 11 is 0. The van der Waals surface area contributed by atoms with E-state index in [4.69, 9.17) is 0 Å². The van der Waals surface area contributed by atoms with Crippen LogP contribution in [0.1, 0.15) is 52.4 Å². The first-order valence-electron chi connectivity index (χ1n) is 7.20. The van der Waals surface area contributed by atoms with Crippen LogP contribution in [0, 0.1) is 11.8 Å². The molecule has 1 amide bonds. The topological polar surface area (TPSA) is 41.1 Å². The molecule has 2 rings (SSSR count). The minimum Gasteiger partial charge on any atom is -0.352 e. The molecule has 0 bridgehead atoms. The molecule has 3 heteroatoms. The summed E-state index contributed by atoms with van der Waals surface area (Å²) in [4.78, 5) is 12.1. The van der Waals surface area contributed by atoms with E-state index in [0.717, 1.165) is 37.6 Å². The fourth-order valence-corrected chi connectivity index (χ4v) is 3.06. The molecular formula is C14H26N2O. The Labute approximate surface area is 105 Å². The van der Waals surface area contributed by atoms with E-state index in [1.807, 2.05) is 0 Å². The summed E-state index contributed by atoms with van der Waals surface area (Å²) in [6.45, 7) is 5.63. The quantitative estimate of drug-likeness (QED) is 0.773. The molecular weight excluding hydrogens is 212 g/mol. The van der Waals surface area contributed by atoms with Crippen LogP contribution < -0.4 is 10.6 Å². The number of rotatable bonds is 2. The highest BCUT2D eigenvalue weighted by Gasteiger charge is 2.28. The van der Waals surface area contributed by atoms with Gasteiger partial charge in [-0.25, -0.2) is 0 Å². The molecule has 1 saturated carbocycles. The summed E-state index contributed by atoms with van der Waals surface area (Å²) in [5.74, 6) is 1.79. The van der Waals surface area contributed by atoms with E-state index in [2.05, 4.69) is 24.5 Å². The van der Waals surface area contributed by atoms with Gasteiger partial charge in [0.1, 0.15) is 0 Å². The summed E-state index contributed by atoms with van der Waals surface area (Å²) in [6.07, 6.45) is 6.96. The molecule has 2 N–H and O–H groups in total. The Bertz CT molecular complexity index is 261. The SMILES string of the molecule is CC1CCC(NC(=O)C2CCCCN2)CC1C. The smallest absolute Gasteiger partial charge is 0.237 e. The van der Waals surface area contributed by atoms with E-state index in [-0.39, 0.29) is 11.9 Å². The van der Waals surface area contributed by atoms with Crippen molar-refractivity contribution in [3.8, 4) is 0 Å². The van der Waals surface area contributed by atoms with Crippen molar-refractivity contribution in [1.82, 2.24) is 10.6 Å². The fourth-order valence-electron chi connectivity index (χ4n) is 3.06. The van der Waals surface area contributed by atoms with Crippen molar-refractivity contribution in [2.75, 3.05) is 6.54 Å². The molecule has 1 aliphatic heterocycles. The van der Waals surface area contributed by atoms with E-state index in [1.165, 1.54) is 19.3 Å². The van der Waals surface area contributed by atoms with Gasteiger partial charge in [0.25, 0.3) is 0 Å². The first kappa shape index (κ1) is 12.9. The molecule has 1 heterocycles. The van der Waals surface area contributed by atoms with Gasteiger partial charge in [-0.1, -0.05) is 20.3 Å². The molecule has 0 aromatic rings. The van der Waals surface area contributed by atoms with E-state index in [9.17, 15) is 4.79 Å². The lowest BCUT2D eigenvalue weighted by molar-refractivity contribution is -0.124. The molecule has 17 heavy (non-hydrogen) atoms. The number of hydrogen-bond acceptors (Lipinski definition) is 2. The number of piperidine rings is 1. The Morgan fingerprint density at radius 2 is 1.94 bits per heavy atom. The predicted octanol–water partition coefficient (Wildman–Crippen LogP) is 2.07. The van der Waals surface area contributed by atoms with Gasteiger partial charge >= 0.3 is 0 Å². The first-order valence-corrected chi connectivity index (χ1v) is 7.20. The number of hydrogen-bond donors (Lipinski definition) is 2. The second-order valence-electron chi connectivity index (χ2n) is 5.98. The second-order valence-corrected chi connectivity index (χ2v) is 5.98. The van der Waals surface area contributed by atoms with E-state index < -0.39 is 0 Å². The molecule has 0 aromatic carbocycles. The lowest BCUT2D eigenvalue weighted by atomic mass is 9.79. The molecule has 2 fully saturated rings. The zero-order valence-electron chi connectivity index (χ0n) is 11.2. The third kappa shape index (κ3) is 3.44. The highest BCUT2D eigenvalue weighted by atomic mass is 16.2. The van der Waals surface area contributed by atoms with Gasteiger partial charge in [0.2, 0.25) is 5.91 Å². The van der Waals surface area contributed by atoms with E-state index in [1.54, 1.807) is 0 Å². The standard InChI is InChI=1S/C14H26N2O/c1-10-6-7-12(9-11(10)2)16-14(17)13-5-3-4-8-15-13/h10-13,15H,3-9H2,1-2H3,(H,16,17). The van der Waals surface area contributed by atoms with Crippen molar-refractivity contribution in [2.45, 2.75) is 64.5 Å². The molecule has 0 aromatic heterocycles. The summed E-state index contributed by atoms with van der Waals surface area (Å²) in [5, 5.41) is 6.55. The number of carbonyl (C=O) groups is 1. The third-order valence-electron chi connectivity index (χ3n) is 4.57. The molecule has 4 unspecified atom stereocenters. The Morgan fingerprint density at radius 3 is 2.59 bits per heavy atom. The molecule has 2 aliphatic rings. The second kappa shape index (κ2) is 5.85. The predicted molar refractivity (Wildman–Crippen MR) is 69.8 cm³/mol. The van der Waals surface area contributed by atoms with Crippen molar-refractivity contribution in [3.05, 3.63) is 0 Å². The highest BCUT2D eigenvalue weighted by molar-refractivity contribution is 5.82. The Morgan fingerprint density at radius 1 is 1.12 bits per heavy atom. The van der Waals surface area contributed by atoms with E-state index >= 15 is 0 Å². The Balaban J connectivity index is 1.78. The van der Waals surface area contributed by atoms with Gasteiger partial charge in [-0.2, -0.15) is 0 Å². The molecule has 0 radical (unpaired) electrons. The number of carbonyl (C=O) groups excluding carboxylic acids is 1. The largest absolute Gasteiger partial charge is 0.352 e. The Kier molecular flexibility index (Phi) is 4.43. The zero-order valence-corrected chi connectivity index (χ0v) is 11.2. The van der Waals surface area contributed by atoms with Gasteiger partial charge in [-0.3, -0.25) is 4.79 Å². The minimum atomic E-state index is 0.0680. The van der Waals surface area contributed by atoms with Gasteiger partial charge in [-0.05, 0) is 50.5 Å². The van der Waals surface area contributed by atoms with Crippen LogP contribution in [0.5, 0.6) is 0 Å². The van der Waals surface area contributed by atoms with Crippen LogP contribution in [-0.2, 0) is 4.79 Å². The summed E-state index contributed by atoms with van der Waals surface area (Å²) in [5.41, 5.74) is 0. The van der Waals surface area contributed by atoms with Gasteiger partial charge in [0.05, 0.1) is 6.04 Å². The van der Waals surface area contributed by atoms with Gasteiger partial charge in [0, 0.05) is 6.04 Å². The van der Waals surface area contributed by atoms with Crippen LogP contribution >= 0.6 is 0 Å². The summed E-state index contributed by atoms with van der Waals surface area (Å²) in [6, 6.07) is 0.482. The van der Waals surface area contributed by atoms with Gasteiger partial charge in [0.15, 0.2) is 0 Å². The maximum Gasteiger partial charge on any atom is 0.237 e. The molecule has 3 nitrogen and oxygen atoms in total. The van der Waals surface area contributed by atoms with Crippen LogP contribution in [0.4, 0.5) is 0 Å². The lowest BCUT2D eigenvalue weighted by Gasteiger charge is -2.34. The molecule has 4 atom stereocenters. The highest BCUT2D eigenvalue weighted by Crippen LogP contribution is 2.29. The zero-order chi connectivity index (χ0) is 12.3. The van der Waals surface area contributed by atoms with Crippen LogP contribution in [0.25, 0.3) is 0 Å². The summed E-state index contributed by atoms with van der Waals surface area (Å²) in [7, 11) is 0. The van der Waals surface area contributed by atoms with Crippen molar-refractivity contribution in [3.63, 3.8) is 0 Å². The average Bonchev–Trinajstić information content (AvgIpc) is 2.35. The Hall–Kier alpha value is -0.570. The monoisotopic (exact) mass is 238 g/mol. The molecule has 98 valence electrons. The number of nitrogens with one attached hydrogen (secondary N) is 2. The number of amides is 1. The van der Waals surface area contributed by atoms with Gasteiger partial charge in [-0.15, -0.1) is 0 Å². The fraction of sp³-hybridized carbons (Fsp3) is 0.929. The van der Waals surface area contributed by atoms with Crippen LogP contribution in [0.15, 0.2) is 0 Å². The van der Waals surface area contributed by atoms with E-state index in [0.29, 0.717) is 6.04 Å². The minimum absolute atomic E-state index is 0.0680. The van der Waals surface area contributed by atoms with Crippen LogP contribution in [0.3, 0.4) is 0 Å². The maximum atomic E-state index is 12.1. The molecule has 1 saturated heterocycles. The summed E-state index contributed by atoms with van der Waals surface area (Å²) < 4.78 is 0. The van der Waals surface area contributed by atoms with Crippen molar-refractivity contribution >= 4 is 5.91 Å². The van der Waals surface area contributed by atoms with Crippen LogP contribution in [0.2, 0.25) is 0 Å². The third-order valence-corrected chi connectivity index (χ3v) is 4.57.